The lowest BCUT2D eigenvalue weighted by Gasteiger charge is -2.18. The molecule has 2 aromatic rings. The predicted molar refractivity (Wildman–Crippen MR) is 92.0 cm³/mol. The molecule has 0 saturated carbocycles. The van der Waals surface area contributed by atoms with Gasteiger partial charge in [0.2, 0.25) is 0 Å². The van der Waals surface area contributed by atoms with E-state index < -0.39 is 12.1 Å². The molecule has 0 fully saturated rings. The van der Waals surface area contributed by atoms with Crippen LogP contribution in [0, 0.1) is 0 Å². The number of carbonyl (C=O) groups is 1. The van der Waals surface area contributed by atoms with Gasteiger partial charge in [-0.3, -0.25) is 0 Å². The number of rotatable bonds is 7. The largest absolute Gasteiger partial charge is 0.507 e. The maximum Gasteiger partial charge on any atom is 0.341 e. The number of phenols is 1. The molecule has 0 bridgehead atoms. The minimum absolute atomic E-state index is 0.0476. The summed E-state index contributed by atoms with van der Waals surface area (Å²) >= 11 is 0. The molecule has 0 aromatic heterocycles. The van der Waals surface area contributed by atoms with Crippen molar-refractivity contribution in [2.45, 2.75) is 25.5 Å². The molecule has 2 aromatic carbocycles. The number of carbonyl (C=O) groups excluding carboxylic acids is 1. The third kappa shape index (κ3) is 4.81. The van der Waals surface area contributed by atoms with Crippen LogP contribution in [0.4, 0.5) is 0 Å². The Morgan fingerprint density at radius 3 is 2.58 bits per heavy atom. The Hall–Kier alpha value is -2.37. The lowest BCUT2D eigenvalue weighted by molar-refractivity contribution is 0.0597. The summed E-state index contributed by atoms with van der Waals surface area (Å²) in [5, 5.41) is 23.3. The highest BCUT2D eigenvalue weighted by atomic mass is 16.5. The molecule has 24 heavy (non-hydrogen) atoms. The molecule has 0 spiro atoms. The smallest absolute Gasteiger partial charge is 0.341 e. The maximum absolute atomic E-state index is 11.6. The molecule has 0 amide bonds. The van der Waals surface area contributed by atoms with Crippen LogP contribution in [0.1, 0.15) is 34.5 Å². The summed E-state index contributed by atoms with van der Waals surface area (Å²) < 4.78 is 4.62. The monoisotopic (exact) mass is 329 g/mol. The van der Waals surface area contributed by atoms with Crippen molar-refractivity contribution in [3.63, 3.8) is 0 Å². The van der Waals surface area contributed by atoms with Crippen molar-refractivity contribution in [1.82, 2.24) is 5.32 Å². The van der Waals surface area contributed by atoms with Crippen LogP contribution in [0.15, 0.2) is 48.5 Å². The number of hydrogen-bond acceptors (Lipinski definition) is 5. The lowest BCUT2D eigenvalue weighted by atomic mass is 10.0. The third-order valence-corrected chi connectivity index (χ3v) is 3.86. The van der Waals surface area contributed by atoms with E-state index in [9.17, 15) is 15.0 Å². The number of hydrogen-bond donors (Lipinski definition) is 3. The second-order valence-electron chi connectivity index (χ2n) is 5.78. The van der Waals surface area contributed by atoms with Gasteiger partial charge >= 0.3 is 5.97 Å². The molecule has 5 nitrogen and oxygen atoms in total. The first-order valence-corrected chi connectivity index (χ1v) is 7.88. The van der Waals surface area contributed by atoms with E-state index in [0.29, 0.717) is 12.1 Å². The Balaban J connectivity index is 1.94. The van der Waals surface area contributed by atoms with E-state index in [1.807, 2.05) is 18.2 Å². The second kappa shape index (κ2) is 8.47. The van der Waals surface area contributed by atoms with E-state index >= 15 is 0 Å². The van der Waals surface area contributed by atoms with Crippen molar-refractivity contribution in [1.29, 1.82) is 0 Å². The molecule has 2 rings (SSSR count). The molecule has 0 heterocycles. The molecule has 2 atom stereocenters. The number of methoxy groups -OCH3 is 1. The van der Waals surface area contributed by atoms with Crippen LogP contribution in [-0.2, 0) is 11.2 Å². The Kier molecular flexibility index (Phi) is 6.35. The van der Waals surface area contributed by atoms with Crippen molar-refractivity contribution in [3.05, 3.63) is 65.2 Å². The van der Waals surface area contributed by atoms with Gasteiger partial charge in [-0.25, -0.2) is 4.79 Å². The fourth-order valence-electron chi connectivity index (χ4n) is 2.50. The van der Waals surface area contributed by atoms with Gasteiger partial charge in [-0.1, -0.05) is 36.4 Å². The number of aromatic hydroxyl groups is 1. The number of aliphatic hydroxyl groups is 1. The SMILES string of the molecule is COC(=O)c1cc([C@@H](O)CNC(C)Cc2ccccc2)ccc1O. The van der Waals surface area contributed by atoms with Crippen molar-refractivity contribution < 1.29 is 19.7 Å². The molecule has 0 aliphatic heterocycles. The van der Waals surface area contributed by atoms with Gasteiger partial charge in [-0.15, -0.1) is 0 Å². The number of phenolic OH excluding ortho intramolecular Hbond substituents is 1. The molecular formula is C19H23NO4. The highest BCUT2D eigenvalue weighted by molar-refractivity contribution is 5.92. The van der Waals surface area contributed by atoms with Gasteiger partial charge < -0.3 is 20.3 Å². The first-order valence-electron chi connectivity index (χ1n) is 7.88. The number of aliphatic hydroxyl groups excluding tert-OH is 1. The van der Waals surface area contributed by atoms with E-state index in [-0.39, 0.29) is 17.4 Å². The molecule has 1 unspecified atom stereocenters. The van der Waals surface area contributed by atoms with Crippen LogP contribution in [0.25, 0.3) is 0 Å². The van der Waals surface area contributed by atoms with Crippen molar-refractivity contribution in [3.8, 4) is 5.75 Å². The van der Waals surface area contributed by atoms with E-state index in [1.165, 1.54) is 24.8 Å². The Bertz CT molecular complexity index is 672. The Morgan fingerprint density at radius 1 is 1.21 bits per heavy atom. The van der Waals surface area contributed by atoms with Crippen LogP contribution in [0.5, 0.6) is 5.75 Å². The topological polar surface area (TPSA) is 78.8 Å². The second-order valence-corrected chi connectivity index (χ2v) is 5.78. The normalized spacial score (nSPS) is 13.3. The summed E-state index contributed by atoms with van der Waals surface area (Å²) in [6.45, 7) is 2.40. The molecule has 0 saturated heterocycles. The zero-order chi connectivity index (χ0) is 17.5. The Labute approximate surface area is 141 Å². The van der Waals surface area contributed by atoms with Crippen LogP contribution in [-0.4, -0.2) is 35.9 Å². The van der Waals surface area contributed by atoms with E-state index in [2.05, 4.69) is 29.1 Å². The number of nitrogens with one attached hydrogen (secondary N) is 1. The van der Waals surface area contributed by atoms with Gasteiger partial charge in [0.25, 0.3) is 0 Å². The summed E-state index contributed by atoms with van der Waals surface area (Å²) in [4.78, 5) is 11.6. The Morgan fingerprint density at radius 2 is 1.92 bits per heavy atom. The summed E-state index contributed by atoms with van der Waals surface area (Å²) in [6, 6.07) is 14.7. The predicted octanol–water partition coefficient (Wildman–Crippen LogP) is 2.43. The van der Waals surface area contributed by atoms with E-state index in [4.69, 9.17) is 0 Å². The van der Waals surface area contributed by atoms with Crippen LogP contribution in [0.3, 0.4) is 0 Å². The first-order chi connectivity index (χ1) is 11.5. The van der Waals surface area contributed by atoms with Crippen LogP contribution in [0.2, 0.25) is 0 Å². The average molecular weight is 329 g/mol. The summed E-state index contributed by atoms with van der Waals surface area (Å²) in [6.07, 6.45) is 0.0727. The van der Waals surface area contributed by atoms with Gasteiger partial charge in [0.05, 0.1) is 13.2 Å². The van der Waals surface area contributed by atoms with Gasteiger partial charge in [-0.05, 0) is 36.6 Å². The summed E-state index contributed by atoms with van der Waals surface area (Å²) in [7, 11) is 1.25. The highest BCUT2D eigenvalue weighted by Gasteiger charge is 2.16. The lowest BCUT2D eigenvalue weighted by Crippen LogP contribution is -2.32. The van der Waals surface area contributed by atoms with Crippen molar-refractivity contribution >= 4 is 5.97 Å². The third-order valence-electron chi connectivity index (χ3n) is 3.86. The minimum atomic E-state index is -0.785. The molecule has 0 aliphatic carbocycles. The zero-order valence-electron chi connectivity index (χ0n) is 13.9. The van der Waals surface area contributed by atoms with Gasteiger partial charge in [-0.2, -0.15) is 0 Å². The van der Waals surface area contributed by atoms with E-state index in [1.54, 1.807) is 6.07 Å². The van der Waals surface area contributed by atoms with Gasteiger partial charge in [0.15, 0.2) is 0 Å². The molecule has 5 heteroatoms. The van der Waals surface area contributed by atoms with Crippen molar-refractivity contribution in [2.24, 2.45) is 0 Å². The van der Waals surface area contributed by atoms with Gasteiger partial charge in [0, 0.05) is 12.6 Å². The molecule has 0 radical (unpaired) electrons. The van der Waals surface area contributed by atoms with E-state index in [0.717, 1.165) is 6.42 Å². The number of benzene rings is 2. The standard InChI is InChI=1S/C19H23NO4/c1-13(10-14-6-4-3-5-7-14)20-12-18(22)15-8-9-17(21)16(11-15)19(23)24-2/h3-9,11,13,18,20-22H,10,12H2,1-2H3/t13?,18-/m0/s1. The first kappa shape index (κ1) is 18.0. The maximum atomic E-state index is 11.6. The molecule has 0 aliphatic rings. The number of ether oxygens (including phenoxy) is 1. The summed E-state index contributed by atoms with van der Waals surface area (Å²) in [5.74, 6) is -0.796. The molecule has 128 valence electrons. The zero-order valence-corrected chi connectivity index (χ0v) is 13.9. The number of esters is 1. The average Bonchev–Trinajstić information content (AvgIpc) is 2.60. The van der Waals surface area contributed by atoms with Crippen LogP contribution < -0.4 is 5.32 Å². The molecular weight excluding hydrogens is 306 g/mol. The van der Waals surface area contributed by atoms with Crippen molar-refractivity contribution in [2.75, 3.05) is 13.7 Å². The summed E-state index contributed by atoms with van der Waals surface area (Å²) in [5.41, 5.74) is 1.82. The minimum Gasteiger partial charge on any atom is -0.507 e. The highest BCUT2D eigenvalue weighted by Crippen LogP contribution is 2.23. The molecule has 3 N–H and O–H groups in total. The van der Waals surface area contributed by atoms with Gasteiger partial charge in [0.1, 0.15) is 11.3 Å². The fourth-order valence-corrected chi connectivity index (χ4v) is 2.50. The fraction of sp³-hybridized carbons (Fsp3) is 0.316. The quantitative estimate of drug-likeness (QED) is 0.680. The van der Waals surface area contributed by atoms with Crippen LogP contribution >= 0.6 is 0 Å².